The molecule has 38 heavy (non-hydrogen) atoms. The normalized spacial score (nSPS) is 14.1. The van der Waals surface area contributed by atoms with E-state index in [9.17, 15) is 9.59 Å². The number of nitrogens with zero attached hydrogens (tertiary/aromatic N) is 1. The molecule has 0 aliphatic carbocycles. The minimum absolute atomic E-state index is 0.169. The maximum absolute atomic E-state index is 13.1. The van der Waals surface area contributed by atoms with Crippen molar-refractivity contribution < 1.29 is 28.5 Å². The highest BCUT2D eigenvalue weighted by atomic mass is 35.5. The Hall–Kier alpha value is -3.53. The van der Waals surface area contributed by atoms with Gasteiger partial charge in [0.05, 0.1) is 31.8 Å². The van der Waals surface area contributed by atoms with E-state index < -0.39 is 5.97 Å². The third kappa shape index (κ3) is 6.30. The number of hydrogen-bond acceptors (Lipinski definition) is 8. The second-order valence-electron chi connectivity index (χ2n) is 8.08. The molecular weight excluding hydrogens is 546 g/mol. The SMILES string of the molecule is COc1ccc(CCN2C(=O)C(=Cc3ccc(OC(=O)c4ccc(Cl)cc4)c(OC)c3)SC2=S)cc1OC. The first-order chi connectivity index (χ1) is 18.3. The van der Waals surface area contributed by atoms with E-state index >= 15 is 0 Å². The van der Waals surface area contributed by atoms with Crippen molar-refractivity contribution >= 4 is 57.9 Å². The molecule has 0 spiro atoms. The molecule has 0 atom stereocenters. The van der Waals surface area contributed by atoms with Gasteiger partial charge in [0.25, 0.3) is 5.91 Å². The van der Waals surface area contributed by atoms with E-state index in [1.807, 2.05) is 18.2 Å². The minimum Gasteiger partial charge on any atom is -0.493 e. The van der Waals surface area contributed by atoms with Crippen LogP contribution in [0.1, 0.15) is 21.5 Å². The van der Waals surface area contributed by atoms with Gasteiger partial charge in [0.1, 0.15) is 4.32 Å². The maximum atomic E-state index is 13.1. The van der Waals surface area contributed by atoms with Crippen LogP contribution in [0.3, 0.4) is 0 Å². The molecule has 1 aliphatic rings. The van der Waals surface area contributed by atoms with E-state index in [0.29, 0.717) is 55.6 Å². The number of methoxy groups -OCH3 is 3. The topological polar surface area (TPSA) is 74.3 Å². The summed E-state index contributed by atoms with van der Waals surface area (Å²) in [5.41, 5.74) is 2.06. The maximum Gasteiger partial charge on any atom is 0.343 e. The third-order valence-corrected chi connectivity index (χ3v) is 7.34. The average Bonchev–Trinajstić information content (AvgIpc) is 3.19. The number of benzene rings is 3. The van der Waals surface area contributed by atoms with Gasteiger partial charge in [-0.15, -0.1) is 0 Å². The molecule has 1 heterocycles. The van der Waals surface area contributed by atoms with Crippen LogP contribution in [-0.4, -0.2) is 49.0 Å². The number of rotatable bonds is 9. The first-order valence-corrected chi connectivity index (χ1v) is 13.0. The molecule has 7 nitrogen and oxygen atoms in total. The van der Waals surface area contributed by atoms with Crippen molar-refractivity contribution in [2.24, 2.45) is 0 Å². The Labute approximate surface area is 235 Å². The first-order valence-electron chi connectivity index (χ1n) is 11.4. The molecular formula is C28H24ClNO6S2. The van der Waals surface area contributed by atoms with Crippen LogP contribution < -0.4 is 18.9 Å². The molecule has 0 bridgehead atoms. The van der Waals surface area contributed by atoms with Crippen LogP contribution in [-0.2, 0) is 11.2 Å². The Kier molecular flexibility index (Phi) is 8.93. The van der Waals surface area contributed by atoms with Crippen molar-refractivity contribution in [1.29, 1.82) is 0 Å². The van der Waals surface area contributed by atoms with Crippen molar-refractivity contribution in [3.63, 3.8) is 0 Å². The van der Waals surface area contributed by atoms with Crippen LogP contribution in [0.15, 0.2) is 65.6 Å². The zero-order valence-electron chi connectivity index (χ0n) is 20.9. The van der Waals surface area contributed by atoms with Gasteiger partial charge in [0.15, 0.2) is 23.0 Å². The van der Waals surface area contributed by atoms with Gasteiger partial charge in [-0.25, -0.2) is 4.79 Å². The van der Waals surface area contributed by atoms with Crippen molar-refractivity contribution in [3.8, 4) is 23.0 Å². The fourth-order valence-corrected chi connectivity index (χ4v) is 5.16. The van der Waals surface area contributed by atoms with Crippen LogP contribution in [0.25, 0.3) is 6.08 Å². The molecule has 4 rings (SSSR count). The van der Waals surface area contributed by atoms with Crippen LogP contribution >= 0.6 is 35.6 Å². The second kappa shape index (κ2) is 12.3. The Morgan fingerprint density at radius 3 is 2.26 bits per heavy atom. The molecule has 0 aromatic heterocycles. The van der Waals surface area contributed by atoms with Gasteiger partial charge in [-0.05, 0) is 72.2 Å². The largest absolute Gasteiger partial charge is 0.493 e. The summed E-state index contributed by atoms with van der Waals surface area (Å²) in [6.07, 6.45) is 2.34. The smallest absolute Gasteiger partial charge is 0.343 e. The zero-order valence-corrected chi connectivity index (χ0v) is 23.2. The van der Waals surface area contributed by atoms with E-state index in [1.165, 1.54) is 18.9 Å². The van der Waals surface area contributed by atoms with Gasteiger partial charge < -0.3 is 18.9 Å². The lowest BCUT2D eigenvalue weighted by molar-refractivity contribution is -0.122. The molecule has 1 amide bonds. The highest BCUT2D eigenvalue weighted by Gasteiger charge is 2.31. The summed E-state index contributed by atoms with van der Waals surface area (Å²) >= 11 is 12.6. The van der Waals surface area contributed by atoms with Gasteiger partial charge in [0, 0.05) is 11.6 Å². The van der Waals surface area contributed by atoms with Crippen LogP contribution in [0.4, 0.5) is 0 Å². The molecule has 1 aliphatic heterocycles. The summed E-state index contributed by atoms with van der Waals surface area (Å²) in [5, 5.41) is 0.523. The first kappa shape index (κ1) is 27.5. The number of thiocarbonyl (C=S) groups is 1. The lowest BCUT2D eigenvalue weighted by atomic mass is 10.1. The fourth-order valence-electron chi connectivity index (χ4n) is 3.72. The molecule has 3 aromatic carbocycles. The Morgan fingerprint density at radius 2 is 1.58 bits per heavy atom. The summed E-state index contributed by atoms with van der Waals surface area (Å²) in [5.74, 6) is 1.18. The van der Waals surface area contributed by atoms with Gasteiger partial charge in [-0.3, -0.25) is 9.69 Å². The van der Waals surface area contributed by atoms with E-state index in [2.05, 4.69) is 0 Å². The van der Waals surface area contributed by atoms with E-state index in [1.54, 1.807) is 67.7 Å². The Morgan fingerprint density at radius 1 is 0.921 bits per heavy atom. The highest BCUT2D eigenvalue weighted by Crippen LogP contribution is 2.35. The summed E-state index contributed by atoms with van der Waals surface area (Å²) in [6, 6.07) is 17.1. The number of halogens is 1. The Balaban J connectivity index is 1.45. The molecule has 1 saturated heterocycles. The zero-order chi connectivity index (χ0) is 27.2. The number of hydrogen-bond donors (Lipinski definition) is 0. The molecule has 0 saturated carbocycles. The highest BCUT2D eigenvalue weighted by molar-refractivity contribution is 8.26. The lowest BCUT2D eigenvalue weighted by Crippen LogP contribution is -2.30. The molecule has 10 heteroatoms. The van der Waals surface area contributed by atoms with Crippen LogP contribution in [0.2, 0.25) is 5.02 Å². The number of esters is 1. The summed E-state index contributed by atoms with van der Waals surface area (Å²) in [4.78, 5) is 27.7. The van der Waals surface area contributed by atoms with Crippen molar-refractivity contribution in [3.05, 3.63) is 87.3 Å². The van der Waals surface area contributed by atoms with Crippen LogP contribution in [0, 0.1) is 0 Å². The second-order valence-corrected chi connectivity index (χ2v) is 10.2. The summed E-state index contributed by atoms with van der Waals surface area (Å²) in [7, 11) is 4.65. The number of ether oxygens (including phenoxy) is 4. The van der Waals surface area contributed by atoms with Gasteiger partial charge >= 0.3 is 5.97 Å². The standard InChI is InChI=1S/C28H24ClNO6S2/c1-33-21-10-4-17(14-23(21)34-2)12-13-30-26(31)25(38-28(30)37)16-18-5-11-22(24(15-18)35-3)36-27(32)19-6-8-20(29)9-7-19/h4-11,14-16H,12-13H2,1-3H3. The fraction of sp³-hybridized carbons (Fsp3) is 0.179. The monoisotopic (exact) mass is 569 g/mol. The van der Waals surface area contributed by atoms with Gasteiger partial charge in [0.2, 0.25) is 0 Å². The Bertz CT molecular complexity index is 1410. The predicted octanol–water partition coefficient (Wildman–Crippen LogP) is 6.03. The van der Waals surface area contributed by atoms with Gasteiger partial charge in [-0.1, -0.05) is 47.7 Å². The van der Waals surface area contributed by atoms with Crippen molar-refractivity contribution in [2.45, 2.75) is 6.42 Å². The molecule has 0 unspecified atom stereocenters. The third-order valence-electron chi connectivity index (χ3n) is 5.71. The number of carbonyl (C=O) groups is 2. The van der Waals surface area contributed by atoms with Crippen LogP contribution in [0.5, 0.6) is 23.0 Å². The predicted molar refractivity (Wildman–Crippen MR) is 153 cm³/mol. The number of amides is 1. The molecule has 196 valence electrons. The average molecular weight is 570 g/mol. The quantitative estimate of drug-likeness (QED) is 0.134. The molecule has 3 aromatic rings. The van der Waals surface area contributed by atoms with Crippen molar-refractivity contribution in [2.75, 3.05) is 27.9 Å². The summed E-state index contributed by atoms with van der Waals surface area (Å²) < 4.78 is 22.1. The van der Waals surface area contributed by atoms with E-state index in [4.69, 9.17) is 42.8 Å². The van der Waals surface area contributed by atoms with E-state index in [0.717, 1.165) is 5.56 Å². The number of carbonyl (C=O) groups excluding carboxylic acids is 2. The van der Waals surface area contributed by atoms with Gasteiger partial charge in [-0.2, -0.15) is 0 Å². The summed E-state index contributed by atoms with van der Waals surface area (Å²) in [6.45, 7) is 0.431. The molecule has 1 fully saturated rings. The minimum atomic E-state index is -0.539. The van der Waals surface area contributed by atoms with Crippen molar-refractivity contribution in [1.82, 2.24) is 4.90 Å². The number of thioether (sulfide) groups is 1. The lowest BCUT2D eigenvalue weighted by Gasteiger charge is -2.15. The molecule has 0 N–H and O–H groups in total. The molecule has 0 radical (unpaired) electrons. The van der Waals surface area contributed by atoms with E-state index in [-0.39, 0.29) is 11.7 Å².